The van der Waals surface area contributed by atoms with E-state index in [2.05, 4.69) is 18.0 Å². The van der Waals surface area contributed by atoms with Crippen LogP contribution in [0, 0.1) is 17.2 Å². The Morgan fingerprint density at radius 3 is 2.62 bits per heavy atom. The highest BCUT2D eigenvalue weighted by atomic mass is 16.6. The van der Waals surface area contributed by atoms with Gasteiger partial charge in [0.05, 0.1) is 11.6 Å². The van der Waals surface area contributed by atoms with Gasteiger partial charge in [0, 0.05) is 34.6 Å². The Morgan fingerprint density at radius 1 is 1.15 bits per heavy atom. The van der Waals surface area contributed by atoms with Crippen molar-refractivity contribution in [2.45, 2.75) is 39.5 Å². The van der Waals surface area contributed by atoms with Gasteiger partial charge in [-0.15, -0.1) is 0 Å². The predicted molar refractivity (Wildman–Crippen MR) is 152 cm³/mol. The number of esters is 1. The summed E-state index contributed by atoms with van der Waals surface area (Å²) in [5, 5.41) is 13.1. The molecule has 198 valence electrons. The maximum absolute atomic E-state index is 12.7. The van der Waals surface area contributed by atoms with Gasteiger partial charge in [-0.2, -0.15) is 5.26 Å². The average Bonchev–Trinajstić information content (AvgIpc) is 3.35. The van der Waals surface area contributed by atoms with Crippen LogP contribution in [0.2, 0.25) is 0 Å². The van der Waals surface area contributed by atoms with Crippen LogP contribution in [0.5, 0.6) is 0 Å². The van der Waals surface area contributed by atoms with Crippen LogP contribution >= 0.6 is 0 Å². The first-order valence-electron chi connectivity index (χ1n) is 12.8. The van der Waals surface area contributed by atoms with Gasteiger partial charge in [-0.3, -0.25) is 14.2 Å². The highest BCUT2D eigenvalue weighted by molar-refractivity contribution is 6.00. The summed E-state index contributed by atoms with van der Waals surface area (Å²) in [6, 6.07) is 18.2. The molecule has 1 unspecified atom stereocenters. The van der Waals surface area contributed by atoms with E-state index < -0.39 is 18.2 Å². The van der Waals surface area contributed by atoms with Gasteiger partial charge in [-0.25, -0.2) is 4.98 Å². The van der Waals surface area contributed by atoms with Gasteiger partial charge >= 0.3 is 5.97 Å². The predicted octanol–water partition coefficient (Wildman–Crippen LogP) is 5.80. The van der Waals surface area contributed by atoms with Crippen LogP contribution in [0.1, 0.15) is 39.0 Å². The van der Waals surface area contributed by atoms with E-state index >= 15 is 0 Å². The lowest BCUT2D eigenvalue weighted by atomic mass is 10.0. The Hall–Kier alpha value is -4.74. The number of hydrogen-bond donors (Lipinski definition) is 2. The van der Waals surface area contributed by atoms with Gasteiger partial charge in [0.15, 0.2) is 6.23 Å². The Kier molecular flexibility index (Phi) is 8.23. The molecule has 2 aromatic heterocycles. The number of anilines is 1. The van der Waals surface area contributed by atoms with Crippen molar-refractivity contribution in [3.63, 3.8) is 0 Å². The molecule has 8 heteroatoms. The molecule has 0 aliphatic rings. The summed E-state index contributed by atoms with van der Waals surface area (Å²) in [4.78, 5) is 29.3. The molecule has 4 aromatic rings. The number of carbonyl (C=O) groups is 2. The van der Waals surface area contributed by atoms with Crippen molar-refractivity contribution in [2.75, 3.05) is 5.32 Å². The zero-order chi connectivity index (χ0) is 28.1. The number of hydrogen-bond acceptors (Lipinski definition) is 6. The van der Waals surface area contributed by atoms with Crippen LogP contribution in [0.15, 0.2) is 79.6 Å². The SMILES string of the molecule is C=CC(=O)Nc1cccc(-c2cnc3c(c2)c(-c2cccc(C#N)c2)cn3C(C)OC(=O)[C@@H](N)[C@@H](C)CC)c1. The molecule has 0 saturated carbocycles. The van der Waals surface area contributed by atoms with E-state index in [0.717, 1.165) is 34.1 Å². The third-order valence-electron chi connectivity index (χ3n) is 6.83. The highest BCUT2D eigenvalue weighted by Crippen LogP contribution is 2.35. The molecule has 0 bridgehead atoms. The van der Waals surface area contributed by atoms with E-state index in [-0.39, 0.29) is 11.8 Å². The third-order valence-corrected chi connectivity index (χ3v) is 6.83. The summed E-state index contributed by atoms with van der Waals surface area (Å²) >= 11 is 0. The average molecular weight is 522 g/mol. The van der Waals surface area contributed by atoms with Crippen LogP contribution in [0.4, 0.5) is 5.69 Å². The Balaban J connectivity index is 1.80. The second-order valence-electron chi connectivity index (χ2n) is 9.46. The minimum atomic E-state index is -0.723. The van der Waals surface area contributed by atoms with Gasteiger partial charge < -0.3 is 15.8 Å². The van der Waals surface area contributed by atoms with Crippen molar-refractivity contribution in [2.24, 2.45) is 11.7 Å². The molecule has 0 saturated heterocycles. The van der Waals surface area contributed by atoms with Crippen molar-refractivity contribution >= 4 is 28.6 Å². The Labute approximate surface area is 227 Å². The van der Waals surface area contributed by atoms with Crippen LogP contribution in [0.3, 0.4) is 0 Å². The summed E-state index contributed by atoms with van der Waals surface area (Å²) in [6.45, 7) is 9.17. The van der Waals surface area contributed by atoms with Crippen molar-refractivity contribution in [3.8, 4) is 28.3 Å². The van der Waals surface area contributed by atoms with E-state index in [4.69, 9.17) is 15.5 Å². The molecule has 2 heterocycles. The second-order valence-corrected chi connectivity index (χ2v) is 9.46. The highest BCUT2D eigenvalue weighted by Gasteiger charge is 2.25. The van der Waals surface area contributed by atoms with Crippen LogP contribution < -0.4 is 11.1 Å². The number of carbonyl (C=O) groups excluding carboxylic acids is 2. The molecule has 3 N–H and O–H groups in total. The number of nitrogens with one attached hydrogen (secondary N) is 1. The number of nitriles is 1. The molecule has 4 rings (SSSR count). The van der Waals surface area contributed by atoms with Gasteiger partial charge in [0.25, 0.3) is 0 Å². The van der Waals surface area contributed by atoms with Crippen molar-refractivity contribution in [1.29, 1.82) is 5.26 Å². The van der Waals surface area contributed by atoms with Crippen LogP contribution in [0.25, 0.3) is 33.3 Å². The van der Waals surface area contributed by atoms with Gasteiger partial charge in [0.2, 0.25) is 5.91 Å². The zero-order valence-electron chi connectivity index (χ0n) is 22.2. The summed E-state index contributed by atoms with van der Waals surface area (Å²) < 4.78 is 7.56. The zero-order valence-corrected chi connectivity index (χ0v) is 22.2. The molecule has 3 atom stereocenters. The smallest absolute Gasteiger partial charge is 0.325 e. The third kappa shape index (κ3) is 5.89. The summed E-state index contributed by atoms with van der Waals surface area (Å²) in [7, 11) is 0. The number of benzene rings is 2. The first kappa shape index (κ1) is 27.3. The fourth-order valence-corrected chi connectivity index (χ4v) is 4.31. The van der Waals surface area contributed by atoms with Crippen molar-refractivity contribution in [1.82, 2.24) is 9.55 Å². The molecule has 0 fully saturated rings. The molecule has 1 amide bonds. The number of pyridine rings is 1. The Bertz CT molecular complexity index is 1580. The lowest BCUT2D eigenvalue weighted by Crippen LogP contribution is -2.38. The van der Waals surface area contributed by atoms with E-state index in [1.54, 1.807) is 29.8 Å². The first-order chi connectivity index (χ1) is 18.7. The molecule has 0 spiro atoms. The number of nitrogens with two attached hydrogens (primary N) is 1. The van der Waals surface area contributed by atoms with Gasteiger partial charge in [-0.1, -0.05) is 51.1 Å². The fourth-order valence-electron chi connectivity index (χ4n) is 4.31. The van der Waals surface area contributed by atoms with E-state index in [1.807, 2.05) is 62.5 Å². The van der Waals surface area contributed by atoms with E-state index in [9.17, 15) is 14.9 Å². The number of amides is 1. The molecule has 0 radical (unpaired) electrons. The lowest BCUT2D eigenvalue weighted by Gasteiger charge is -2.21. The van der Waals surface area contributed by atoms with Crippen LogP contribution in [-0.4, -0.2) is 27.5 Å². The standard InChI is InChI=1S/C31H31N5O3/c1-5-19(3)29(33)31(38)39-20(4)36-18-27(23-11-7-9-21(13-23)16-32)26-15-24(17-34-30(26)36)22-10-8-12-25(14-22)35-28(37)6-2/h6-15,17-20,29H,2,5,33H2,1,3-4H3,(H,35,37)/t19-,20?,29-/m0/s1. The maximum atomic E-state index is 12.7. The quantitative estimate of drug-likeness (QED) is 0.212. The molecular formula is C31H31N5O3. The molecule has 39 heavy (non-hydrogen) atoms. The molecule has 8 nitrogen and oxygen atoms in total. The molecular weight excluding hydrogens is 490 g/mol. The van der Waals surface area contributed by atoms with Gasteiger partial charge in [0.1, 0.15) is 11.7 Å². The lowest BCUT2D eigenvalue weighted by molar-refractivity contribution is -0.155. The van der Waals surface area contributed by atoms with Crippen molar-refractivity contribution < 1.29 is 14.3 Å². The number of aromatic nitrogens is 2. The topological polar surface area (TPSA) is 123 Å². The molecule has 2 aromatic carbocycles. The largest absolute Gasteiger partial charge is 0.440 e. The monoisotopic (exact) mass is 521 g/mol. The number of rotatable bonds is 9. The van der Waals surface area contributed by atoms with E-state index in [0.29, 0.717) is 16.9 Å². The van der Waals surface area contributed by atoms with Crippen molar-refractivity contribution in [3.05, 3.63) is 85.2 Å². The minimum Gasteiger partial charge on any atom is -0.440 e. The maximum Gasteiger partial charge on any atom is 0.325 e. The van der Waals surface area contributed by atoms with Crippen LogP contribution in [-0.2, 0) is 14.3 Å². The fraction of sp³-hybridized carbons (Fsp3) is 0.226. The molecule has 0 aliphatic carbocycles. The second kappa shape index (κ2) is 11.8. The summed E-state index contributed by atoms with van der Waals surface area (Å²) in [6.07, 6.45) is 4.93. The first-order valence-corrected chi connectivity index (χ1v) is 12.8. The Morgan fingerprint density at radius 2 is 1.90 bits per heavy atom. The van der Waals surface area contributed by atoms with Gasteiger partial charge in [-0.05, 0) is 60.4 Å². The normalized spacial score (nSPS) is 13.2. The minimum absolute atomic E-state index is 0.0110. The number of ether oxygens (including phenoxy) is 1. The number of nitrogens with zero attached hydrogens (tertiary/aromatic N) is 3. The number of fused-ring (bicyclic) bond motifs is 1. The summed E-state index contributed by atoms with van der Waals surface area (Å²) in [5.41, 5.74) is 11.2. The molecule has 0 aliphatic heterocycles. The van der Waals surface area contributed by atoms with E-state index in [1.165, 1.54) is 6.08 Å². The summed E-state index contributed by atoms with van der Waals surface area (Å²) in [5.74, 6) is -0.779.